The Morgan fingerprint density at radius 2 is 1.68 bits per heavy atom. The van der Waals surface area contributed by atoms with Crippen LogP contribution in [0.25, 0.3) is 0 Å². The summed E-state index contributed by atoms with van der Waals surface area (Å²) in [5.41, 5.74) is 2.77. The summed E-state index contributed by atoms with van der Waals surface area (Å²) in [4.78, 5) is 0. The van der Waals surface area contributed by atoms with Crippen LogP contribution in [0.4, 0.5) is 5.69 Å². The highest BCUT2D eigenvalue weighted by molar-refractivity contribution is 5.44. The molecule has 106 valence electrons. The predicted octanol–water partition coefficient (Wildman–Crippen LogP) is 5.41. The molecular weight excluding hydrogens is 230 g/mol. The highest BCUT2D eigenvalue weighted by Crippen LogP contribution is 2.23. The number of aryl methyl sites for hydroxylation is 1. The first-order valence-corrected chi connectivity index (χ1v) is 8.21. The molecule has 0 radical (unpaired) electrons. The minimum Gasteiger partial charge on any atom is -0.385 e. The normalized spacial score (nSPS) is 17.1. The molecule has 0 atom stereocenters. The minimum atomic E-state index is 0.891. The summed E-state index contributed by atoms with van der Waals surface area (Å²) in [6.45, 7) is 3.41. The molecule has 1 heteroatoms. The van der Waals surface area contributed by atoms with Crippen molar-refractivity contribution in [2.75, 3.05) is 11.9 Å². The van der Waals surface area contributed by atoms with Crippen molar-refractivity contribution in [1.29, 1.82) is 0 Å². The molecule has 2 rings (SSSR count). The molecule has 1 aliphatic carbocycles. The Morgan fingerprint density at radius 1 is 1.00 bits per heavy atom. The number of unbranched alkanes of at least 4 members (excludes halogenated alkanes) is 1. The third kappa shape index (κ3) is 5.26. The zero-order chi connectivity index (χ0) is 13.3. The Morgan fingerprint density at radius 3 is 2.32 bits per heavy atom. The lowest BCUT2D eigenvalue weighted by Gasteiger charge is -2.16. The largest absolute Gasteiger partial charge is 0.385 e. The maximum Gasteiger partial charge on any atom is 0.0340 e. The molecule has 1 nitrogen and oxygen atoms in total. The molecule has 0 heterocycles. The van der Waals surface area contributed by atoms with E-state index in [-0.39, 0.29) is 0 Å². The Hall–Kier alpha value is -0.980. The average Bonchev–Trinajstić information content (AvgIpc) is 2.72. The van der Waals surface area contributed by atoms with Gasteiger partial charge in [-0.05, 0) is 49.3 Å². The number of anilines is 1. The maximum atomic E-state index is 3.63. The van der Waals surface area contributed by atoms with Gasteiger partial charge >= 0.3 is 0 Å². The number of hydrogen-bond acceptors (Lipinski definition) is 1. The lowest BCUT2D eigenvalue weighted by Crippen LogP contribution is -2.13. The van der Waals surface area contributed by atoms with E-state index in [2.05, 4.69) is 36.5 Å². The first kappa shape index (κ1) is 14.4. The van der Waals surface area contributed by atoms with Gasteiger partial charge in [0.15, 0.2) is 0 Å². The number of rotatable bonds is 6. The lowest BCUT2D eigenvalue weighted by atomic mass is 10.0. The molecule has 1 saturated carbocycles. The van der Waals surface area contributed by atoms with E-state index in [0.717, 1.165) is 12.5 Å². The van der Waals surface area contributed by atoms with Gasteiger partial charge in [0, 0.05) is 12.2 Å². The quantitative estimate of drug-likeness (QED) is 0.673. The Balaban J connectivity index is 1.75. The second-order valence-electron chi connectivity index (χ2n) is 6.04. The van der Waals surface area contributed by atoms with Crippen molar-refractivity contribution in [3.63, 3.8) is 0 Å². The highest BCUT2D eigenvalue weighted by Gasteiger charge is 2.11. The Kier molecular flexibility index (Phi) is 6.26. The second kappa shape index (κ2) is 8.24. The van der Waals surface area contributed by atoms with Gasteiger partial charge in [-0.15, -0.1) is 0 Å². The summed E-state index contributed by atoms with van der Waals surface area (Å²) in [6, 6.07) is 9.07. The highest BCUT2D eigenvalue weighted by atomic mass is 14.9. The van der Waals surface area contributed by atoms with Gasteiger partial charge in [-0.2, -0.15) is 0 Å². The predicted molar refractivity (Wildman–Crippen MR) is 84.7 cm³/mol. The van der Waals surface area contributed by atoms with E-state index in [4.69, 9.17) is 0 Å². The molecule has 1 aromatic carbocycles. The fourth-order valence-electron chi connectivity index (χ4n) is 3.00. The monoisotopic (exact) mass is 259 g/mol. The average molecular weight is 259 g/mol. The molecule has 19 heavy (non-hydrogen) atoms. The van der Waals surface area contributed by atoms with Gasteiger partial charge in [0.1, 0.15) is 0 Å². The van der Waals surface area contributed by atoms with Crippen molar-refractivity contribution in [3.8, 4) is 0 Å². The Bertz CT molecular complexity index is 333. The minimum absolute atomic E-state index is 0.891. The van der Waals surface area contributed by atoms with Crippen molar-refractivity contribution in [2.45, 2.75) is 64.7 Å². The van der Waals surface area contributed by atoms with E-state index >= 15 is 0 Å². The van der Waals surface area contributed by atoms with E-state index < -0.39 is 0 Å². The van der Waals surface area contributed by atoms with Crippen LogP contribution < -0.4 is 5.32 Å². The van der Waals surface area contributed by atoms with Crippen LogP contribution >= 0.6 is 0 Å². The van der Waals surface area contributed by atoms with Crippen LogP contribution in [0.2, 0.25) is 0 Å². The molecule has 1 aromatic rings. The van der Waals surface area contributed by atoms with Crippen molar-refractivity contribution in [1.82, 2.24) is 0 Å². The van der Waals surface area contributed by atoms with Gasteiger partial charge in [0.2, 0.25) is 0 Å². The van der Waals surface area contributed by atoms with Gasteiger partial charge in [0.25, 0.3) is 0 Å². The molecule has 0 bridgehead atoms. The van der Waals surface area contributed by atoms with Gasteiger partial charge in [-0.3, -0.25) is 0 Å². The van der Waals surface area contributed by atoms with Gasteiger partial charge in [-0.1, -0.05) is 51.2 Å². The SMILES string of the molecule is CCCCc1ccc(NCC2CCCCCC2)cc1. The van der Waals surface area contributed by atoms with Gasteiger partial charge < -0.3 is 5.32 Å². The van der Waals surface area contributed by atoms with E-state index in [9.17, 15) is 0 Å². The standard InChI is InChI=1S/C18H29N/c1-2-3-8-16-11-13-18(14-12-16)19-15-17-9-6-4-5-7-10-17/h11-14,17,19H,2-10,15H2,1H3. The van der Waals surface area contributed by atoms with Crippen molar-refractivity contribution in [3.05, 3.63) is 29.8 Å². The smallest absolute Gasteiger partial charge is 0.0340 e. The van der Waals surface area contributed by atoms with Crippen molar-refractivity contribution in [2.24, 2.45) is 5.92 Å². The summed E-state index contributed by atoms with van der Waals surface area (Å²) >= 11 is 0. The third-order valence-electron chi connectivity index (χ3n) is 4.34. The van der Waals surface area contributed by atoms with Crippen molar-refractivity contribution < 1.29 is 0 Å². The Labute approximate surface area is 118 Å². The number of benzene rings is 1. The third-order valence-corrected chi connectivity index (χ3v) is 4.34. The molecule has 1 fully saturated rings. The summed E-state index contributed by atoms with van der Waals surface area (Å²) in [7, 11) is 0. The fraction of sp³-hybridized carbons (Fsp3) is 0.667. The summed E-state index contributed by atoms with van der Waals surface area (Å²) in [5, 5.41) is 3.63. The molecule has 0 aromatic heterocycles. The van der Waals surface area contributed by atoms with Crippen molar-refractivity contribution >= 4 is 5.69 Å². The van der Waals surface area contributed by atoms with Crippen LogP contribution in [0.15, 0.2) is 24.3 Å². The molecule has 1 aliphatic rings. The molecule has 0 aliphatic heterocycles. The summed E-state index contributed by atoms with van der Waals surface area (Å²) < 4.78 is 0. The van der Waals surface area contributed by atoms with Crippen LogP contribution in [0, 0.1) is 5.92 Å². The zero-order valence-corrected chi connectivity index (χ0v) is 12.5. The van der Waals surface area contributed by atoms with Gasteiger partial charge in [0.05, 0.1) is 0 Å². The molecular formula is C18H29N. The van der Waals surface area contributed by atoms with Crippen LogP contribution in [0.5, 0.6) is 0 Å². The second-order valence-corrected chi connectivity index (χ2v) is 6.04. The lowest BCUT2D eigenvalue weighted by molar-refractivity contribution is 0.483. The van der Waals surface area contributed by atoms with Crippen LogP contribution in [0.3, 0.4) is 0 Å². The molecule has 0 amide bonds. The van der Waals surface area contributed by atoms with E-state index in [0.29, 0.717) is 0 Å². The maximum absolute atomic E-state index is 3.63. The first-order valence-electron chi connectivity index (χ1n) is 8.21. The fourth-order valence-corrected chi connectivity index (χ4v) is 3.00. The number of hydrogen-bond donors (Lipinski definition) is 1. The molecule has 1 N–H and O–H groups in total. The topological polar surface area (TPSA) is 12.0 Å². The van der Waals surface area contributed by atoms with Crippen LogP contribution in [-0.2, 0) is 6.42 Å². The molecule has 0 spiro atoms. The first-order chi connectivity index (χ1) is 9.38. The summed E-state index contributed by atoms with van der Waals surface area (Å²) in [6.07, 6.45) is 12.4. The van der Waals surface area contributed by atoms with Gasteiger partial charge in [-0.25, -0.2) is 0 Å². The van der Waals surface area contributed by atoms with Crippen LogP contribution in [-0.4, -0.2) is 6.54 Å². The van der Waals surface area contributed by atoms with E-state index in [1.807, 2.05) is 0 Å². The van der Waals surface area contributed by atoms with E-state index in [1.165, 1.54) is 69.0 Å². The zero-order valence-electron chi connectivity index (χ0n) is 12.5. The van der Waals surface area contributed by atoms with E-state index in [1.54, 1.807) is 0 Å². The molecule has 0 saturated heterocycles. The number of nitrogens with one attached hydrogen (secondary N) is 1. The van der Waals surface area contributed by atoms with Crippen LogP contribution in [0.1, 0.15) is 63.9 Å². The molecule has 0 unspecified atom stereocenters. The summed E-state index contributed by atoms with van der Waals surface area (Å²) in [5.74, 6) is 0.891.